The average Bonchev–Trinajstić information content (AvgIpc) is 3.03. The normalized spacial score (nSPS) is 24.6. The van der Waals surface area contributed by atoms with Crippen molar-refractivity contribution in [2.75, 3.05) is 31.1 Å². The van der Waals surface area contributed by atoms with Gasteiger partial charge in [-0.3, -0.25) is 4.79 Å². The van der Waals surface area contributed by atoms with E-state index in [4.69, 9.17) is 5.73 Å². The lowest BCUT2D eigenvalue weighted by Gasteiger charge is -2.42. The van der Waals surface area contributed by atoms with Gasteiger partial charge in [-0.15, -0.1) is 0 Å². The average molecular weight is 302 g/mol. The Labute approximate surface area is 132 Å². The van der Waals surface area contributed by atoms with E-state index in [9.17, 15) is 4.79 Å². The van der Waals surface area contributed by atoms with Gasteiger partial charge in [0.1, 0.15) is 5.82 Å². The predicted molar refractivity (Wildman–Crippen MR) is 88.0 cm³/mol. The van der Waals surface area contributed by atoms with Gasteiger partial charge in [-0.25, -0.2) is 4.98 Å². The number of piperidine rings is 1. The van der Waals surface area contributed by atoms with Crippen molar-refractivity contribution in [3.63, 3.8) is 0 Å². The van der Waals surface area contributed by atoms with Crippen LogP contribution in [0.15, 0.2) is 18.3 Å². The Morgan fingerprint density at radius 3 is 2.73 bits per heavy atom. The fraction of sp³-hybridized carbons (Fsp3) is 0.647. The highest BCUT2D eigenvalue weighted by molar-refractivity contribution is 5.99. The van der Waals surface area contributed by atoms with E-state index in [-0.39, 0.29) is 17.4 Å². The molecule has 1 aromatic rings. The molecular weight excluding hydrogens is 276 g/mol. The van der Waals surface area contributed by atoms with Crippen LogP contribution in [0.5, 0.6) is 0 Å². The summed E-state index contributed by atoms with van der Waals surface area (Å²) in [6, 6.07) is 3.92. The Bertz CT molecular complexity index is 551. The molecule has 2 saturated heterocycles. The number of likely N-dealkylation sites (tertiary alicyclic amines) is 1. The van der Waals surface area contributed by atoms with E-state index in [0.29, 0.717) is 6.54 Å². The summed E-state index contributed by atoms with van der Waals surface area (Å²) in [5.41, 5.74) is 6.88. The molecule has 0 radical (unpaired) electrons. The molecule has 1 aromatic heterocycles. The second-order valence-electron chi connectivity index (χ2n) is 7.18. The van der Waals surface area contributed by atoms with Gasteiger partial charge in [0.05, 0.1) is 5.56 Å². The number of amides is 1. The van der Waals surface area contributed by atoms with Crippen molar-refractivity contribution in [1.29, 1.82) is 0 Å². The SMILES string of the molecule is CC1(C)CN(C(=O)c2cccnc2N2CCCC2)CCC1N. The van der Waals surface area contributed by atoms with Crippen molar-refractivity contribution in [3.8, 4) is 0 Å². The van der Waals surface area contributed by atoms with Crippen LogP contribution in [0.4, 0.5) is 5.82 Å². The number of carbonyl (C=O) groups is 1. The molecule has 1 unspecified atom stereocenters. The number of hydrogen-bond donors (Lipinski definition) is 1. The largest absolute Gasteiger partial charge is 0.356 e. The van der Waals surface area contributed by atoms with E-state index < -0.39 is 0 Å². The first-order chi connectivity index (χ1) is 10.5. The lowest BCUT2D eigenvalue weighted by Crippen LogP contribution is -2.54. The summed E-state index contributed by atoms with van der Waals surface area (Å²) in [7, 11) is 0. The molecule has 2 aliphatic rings. The molecule has 0 saturated carbocycles. The standard InChI is InChI=1S/C17H26N4O/c1-17(2)12-21(11-7-14(17)18)16(22)13-6-5-8-19-15(13)20-9-3-4-10-20/h5-6,8,14H,3-4,7,9-12,18H2,1-2H3. The lowest BCUT2D eigenvalue weighted by molar-refractivity contribution is 0.0533. The van der Waals surface area contributed by atoms with Crippen LogP contribution in [-0.4, -0.2) is 48.0 Å². The number of hydrogen-bond acceptors (Lipinski definition) is 4. The van der Waals surface area contributed by atoms with Gasteiger partial charge in [-0.2, -0.15) is 0 Å². The highest BCUT2D eigenvalue weighted by Gasteiger charge is 2.36. The maximum Gasteiger partial charge on any atom is 0.257 e. The van der Waals surface area contributed by atoms with Crippen LogP contribution in [0.2, 0.25) is 0 Å². The van der Waals surface area contributed by atoms with Crippen molar-refractivity contribution in [3.05, 3.63) is 23.9 Å². The number of nitrogens with zero attached hydrogens (tertiary/aromatic N) is 3. The number of nitrogens with two attached hydrogens (primary N) is 1. The van der Waals surface area contributed by atoms with Crippen molar-refractivity contribution in [1.82, 2.24) is 9.88 Å². The minimum absolute atomic E-state index is 0.0378. The van der Waals surface area contributed by atoms with Crippen LogP contribution in [-0.2, 0) is 0 Å². The van der Waals surface area contributed by atoms with Crippen LogP contribution in [0.25, 0.3) is 0 Å². The van der Waals surface area contributed by atoms with Gasteiger partial charge in [0, 0.05) is 38.4 Å². The van der Waals surface area contributed by atoms with Crippen molar-refractivity contribution in [2.24, 2.45) is 11.1 Å². The monoisotopic (exact) mass is 302 g/mol. The Morgan fingerprint density at radius 1 is 1.32 bits per heavy atom. The third-order valence-corrected chi connectivity index (χ3v) is 5.02. The minimum Gasteiger partial charge on any atom is -0.356 e. The number of carbonyl (C=O) groups excluding carboxylic acids is 1. The predicted octanol–water partition coefficient (Wildman–Crippen LogP) is 1.88. The van der Waals surface area contributed by atoms with Gasteiger partial charge >= 0.3 is 0 Å². The molecule has 0 aliphatic carbocycles. The molecular formula is C17H26N4O. The zero-order chi connectivity index (χ0) is 15.7. The summed E-state index contributed by atoms with van der Waals surface area (Å²) in [5, 5.41) is 0. The van der Waals surface area contributed by atoms with Crippen molar-refractivity contribution in [2.45, 2.75) is 39.2 Å². The highest BCUT2D eigenvalue weighted by Crippen LogP contribution is 2.30. The maximum atomic E-state index is 13.0. The molecule has 5 nitrogen and oxygen atoms in total. The summed E-state index contributed by atoms with van der Waals surface area (Å²) in [6.07, 6.45) is 4.99. The summed E-state index contributed by atoms with van der Waals surface area (Å²) in [5.74, 6) is 0.938. The minimum atomic E-state index is -0.0378. The molecule has 0 spiro atoms. The Kier molecular flexibility index (Phi) is 4.08. The summed E-state index contributed by atoms with van der Waals surface area (Å²) >= 11 is 0. The molecule has 2 aliphatic heterocycles. The molecule has 1 amide bonds. The van der Waals surface area contributed by atoms with E-state index in [1.54, 1.807) is 6.20 Å². The van der Waals surface area contributed by atoms with Crippen LogP contribution in [0, 0.1) is 5.41 Å². The van der Waals surface area contributed by atoms with Crippen molar-refractivity contribution < 1.29 is 4.79 Å². The van der Waals surface area contributed by atoms with Gasteiger partial charge < -0.3 is 15.5 Å². The molecule has 120 valence electrons. The number of anilines is 1. The molecule has 1 atom stereocenters. The first kappa shape index (κ1) is 15.3. The van der Waals surface area contributed by atoms with Crippen LogP contribution >= 0.6 is 0 Å². The van der Waals surface area contributed by atoms with E-state index in [0.717, 1.165) is 37.4 Å². The Morgan fingerprint density at radius 2 is 2.05 bits per heavy atom. The van der Waals surface area contributed by atoms with E-state index in [1.807, 2.05) is 17.0 Å². The van der Waals surface area contributed by atoms with Gasteiger partial charge in [0.2, 0.25) is 0 Å². The Balaban J connectivity index is 1.83. The molecule has 5 heteroatoms. The maximum absolute atomic E-state index is 13.0. The van der Waals surface area contributed by atoms with Crippen LogP contribution < -0.4 is 10.6 Å². The zero-order valence-electron chi connectivity index (χ0n) is 13.6. The topological polar surface area (TPSA) is 62.5 Å². The fourth-order valence-corrected chi connectivity index (χ4v) is 3.46. The Hall–Kier alpha value is -1.62. The number of rotatable bonds is 2. The van der Waals surface area contributed by atoms with Crippen molar-refractivity contribution >= 4 is 11.7 Å². The third-order valence-electron chi connectivity index (χ3n) is 5.02. The quantitative estimate of drug-likeness (QED) is 0.906. The molecule has 22 heavy (non-hydrogen) atoms. The van der Waals surface area contributed by atoms with Crippen LogP contribution in [0.3, 0.4) is 0 Å². The first-order valence-electron chi connectivity index (χ1n) is 8.24. The molecule has 2 N–H and O–H groups in total. The molecule has 3 rings (SSSR count). The third kappa shape index (κ3) is 2.82. The second kappa shape index (κ2) is 5.88. The van der Waals surface area contributed by atoms with E-state index >= 15 is 0 Å². The fourth-order valence-electron chi connectivity index (χ4n) is 3.46. The van der Waals surface area contributed by atoms with E-state index in [1.165, 1.54) is 12.8 Å². The van der Waals surface area contributed by atoms with Gasteiger partial charge in [0.25, 0.3) is 5.91 Å². The van der Waals surface area contributed by atoms with E-state index in [2.05, 4.69) is 23.7 Å². The zero-order valence-corrected chi connectivity index (χ0v) is 13.6. The first-order valence-corrected chi connectivity index (χ1v) is 8.24. The van der Waals surface area contributed by atoms with Gasteiger partial charge in [-0.1, -0.05) is 13.8 Å². The smallest absolute Gasteiger partial charge is 0.257 e. The van der Waals surface area contributed by atoms with Crippen LogP contribution in [0.1, 0.15) is 43.5 Å². The number of aromatic nitrogens is 1. The van der Waals surface area contributed by atoms with Gasteiger partial charge in [0.15, 0.2) is 0 Å². The summed E-state index contributed by atoms with van der Waals surface area (Å²) in [6.45, 7) is 7.71. The summed E-state index contributed by atoms with van der Waals surface area (Å²) < 4.78 is 0. The lowest BCUT2D eigenvalue weighted by atomic mass is 9.79. The van der Waals surface area contributed by atoms with Gasteiger partial charge in [-0.05, 0) is 36.8 Å². The number of pyridine rings is 1. The molecule has 0 bridgehead atoms. The highest BCUT2D eigenvalue weighted by atomic mass is 16.2. The molecule has 2 fully saturated rings. The second-order valence-corrected chi connectivity index (χ2v) is 7.18. The molecule has 0 aromatic carbocycles. The summed E-state index contributed by atoms with van der Waals surface area (Å²) in [4.78, 5) is 21.6. The molecule has 3 heterocycles.